The maximum Gasteiger partial charge on any atom is 0.124 e. The SMILES string of the molecule is CC(N[C@@H](C)c1ccc(Cl)cc1)c1c(O)cccc1O. The van der Waals surface area contributed by atoms with E-state index in [1.165, 1.54) is 0 Å². The Balaban J connectivity index is 2.15. The molecule has 2 aromatic carbocycles. The predicted octanol–water partition coefficient (Wildman–Crippen LogP) is 4.16. The van der Waals surface area contributed by atoms with E-state index in [1.807, 2.05) is 38.1 Å². The van der Waals surface area contributed by atoms with Gasteiger partial charge in [-0.1, -0.05) is 29.8 Å². The van der Waals surface area contributed by atoms with E-state index in [-0.39, 0.29) is 23.6 Å². The normalized spacial score (nSPS) is 13.9. The summed E-state index contributed by atoms with van der Waals surface area (Å²) in [4.78, 5) is 0. The number of hydrogen-bond acceptors (Lipinski definition) is 3. The van der Waals surface area contributed by atoms with Gasteiger partial charge in [-0.05, 0) is 43.7 Å². The maximum atomic E-state index is 9.86. The summed E-state index contributed by atoms with van der Waals surface area (Å²) < 4.78 is 0. The Hall–Kier alpha value is -1.71. The van der Waals surface area contributed by atoms with Crippen molar-refractivity contribution in [3.8, 4) is 11.5 Å². The first-order valence-electron chi connectivity index (χ1n) is 6.51. The molecular formula is C16H18ClNO2. The van der Waals surface area contributed by atoms with Gasteiger partial charge in [0.15, 0.2) is 0 Å². The number of halogens is 1. The summed E-state index contributed by atoms with van der Waals surface area (Å²) in [6.07, 6.45) is 0. The highest BCUT2D eigenvalue weighted by atomic mass is 35.5. The molecule has 0 amide bonds. The van der Waals surface area contributed by atoms with Gasteiger partial charge in [0.1, 0.15) is 11.5 Å². The van der Waals surface area contributed by atoms with E-state index in [0.29, 0.717) is 10.6 Å². The third kappa shape index (κ3) is 3.24. The van der Waals surface area contributed by atoms with E-state index >= 15 is 0 Å². The van der Waals surface area contributed by atoms with Crippen molar-refractivity contribution >= 4 is 11.6 Å². The van der Waals surface area contributed by atoms with Crippen LogP contribution in [-0.2, 0) is 0 Å². The first kappa shape index (κ1) is 14.7. The van der Waals surface area contributed by atoms with E-state index < -0.39 is 0 Å². The van der Waals surface area contributed by atoms with Gasteiger partial charge in [-0.15, -0.1) is 0 Å². The van der Waals surface area contributed by atoms with Crippen LogP contribution in [0.1, 0.15) is 37.1 Å². The highest BCUT2D eigenvalue weighted by Gasteiger charge is 2.17. The third-order valence-corrected chi connectivity index (χ3v) is 3.62. The van der Waals surface area contributed by atoms with Crippen LogP contribution >= 0.6 is 11.6 Å². The molecule has 0 heterocycles. The van der Waals surface area contributed by atoms with Crippen molar-refractivity contribution in [2.45, 2.75) is 25.9 Å². The standard InChI is InChI=1S/C16H18ClNO2/c1-10(12-6-8-13(17)9-7-12)18-11(2)16-14(19)4-3-5-15(16)20/h3-11,18-20H,1-2H3/t10-,11?/m0/s1. The maximum absolute atomic E-state index is 9.86. The van der Waals surface area contributed by atoms with Crippen molar-refractivity contribution < 1.29 is 10.2 Å². The van der Waals surface area contributed by atoms with Crippen LogP contribution < -0.4 is 5.32 Å². The smallest absolute Gasteiger partial charge is 0.124 e. The van der Waals surface area contributed by atoms with Gasteiger partial charge in [-0.3, -0.25) is 0 Å². The molecule has 0 aliphatic heterocycles. The lowest BCUT2D eigenvalue weighted by Crippen LogP contribution is -2.22. The first-order valence-corrected chi connectivity index (χ1v) is 6.89. The Labute approximate surface area is 123 Å². The number of phenolic OH excluding ortho intramolecular Hbond substituents is 2. The van der Waals surface area contributed by atoms with Crippen molar-refractivity contribution in [1.29, 1.82) is 0 Å². The largest absolute Gasteiger partial charge is 0.507 e. The molecule has 4 heteroatoms. The molecule has 3 N–H and O–H groups in total. The van der Waals surface area contributed by atoms with E-state index in [0.717, 1.165) is 5.56 Å². The van der Waals surface area contributed by atoms with Gasteiger partial charge >= 0.3 is 0 Å². The topological polar surface area (TPSA) is 52.5 Å². The van der Waals surface area contributed by atoms with Crippen molar-refractivity contribution in [1.82, 2.24) is 5.32 Å². The fourth-order valence-corrected chi connectivity index (χ4v) is 2.42. The number of phenols is 2. The number of rotatable bonds is 4. The van der Waals surface area contributed by atoms with Crippen LogP contribution in [0, 0.1) is 0 Å². The zero-order valence-corrected chi connectivity index (χ0v) is 12.2. The molecule has 106 valence electrons. The van der Waals surface area contributed by atoms with Crippen molar-refractivity contribution in [3.63, 3.8) is 0 Å². The summed E-state index contributed by atoms with van der Waals surface area (Å²) in [6, 6.07) is 12.2. The molecule has 0 aromatic heterocycles. The minimum Gasteiger partial charge on any atom is -0.507 e. The van der Waals surface area contributed by atoms with Gasteiger partial charge in [-0.2, -0.15) is 0 Å². The molecule has 0 radical (unpaired) electrons. The van der Waals surface area contributed by atoms with Crippen LogP contribution in [-0.4, -0.2) is 10.2 Å². The fourth-order valence-electron chi connectivity index (χ4n) is 2.29. The highest BCUT2D eigenvalue weighted by molar-refractivity contribution is 6.30. The second-order valence-corrected chi connectivity index (χ2v) is 5.31. The summed E-state index contributed by atoms with van der Waals surface area (Å²) in [7, 11) is 0. The highest BCUT2D eigenvalue weighted by Crippen LogP contribution is 2.33. The Morgan fingerprint density at radius 3 is 2.00 bits per heavy atom. The molecule has 2 aromatic rings. The summed E-state index contributed by atoms with van der Waals surface area (Å²) in [5, 5.41) is 23.8. The molecular weight excluding hydrogens is 274 g/mol. The Morgan fingerprint density at radius 2 is 1.45 bits per heavy atom. The lowest BCUT2D eigenvalue weighted by molar-refractivity contribution is 0.407. The van der Waals surface area contributed by atoms with Crippen LogP contribution in [0.4, 0.5) is 0 Å². The molecule has 3 nitrogen and oxygen atoms in total. The summed E-state index contributed by atoms with van der Waals surface area (Å²) in [5.74, 6) is 0.182. The average Bonchev–Trinajstić information content (AvgIpc) is 2.39. The lowest BCUT2D eigenvalue weighted by atomic mass is 10.0. The quantitative estimate of drug-likeness (QED) is 0.793. The number of nitrogens with one attached hydrogen (secondary N) is 1. The van der Waals surface area contributed by atoms with Crippen molar-refractivity contribution in [3.05, 3.63) is 58.6 Å². The zero-order valence-electron chi connectivity index (χ0n) is 11.5. The van der Waals surface area contributed by atoms with E-state index in [4.69, 9.17) is 11.6 Å². The second-order valence-electron chi connectivity index (χ2n) is 4.87. The molecule has 0 aliphatic carbocycles. The molecule has 0 saturated carbocycles. The third-order valence-electron chi connectivity index (χ3n) is 3.36. The number of aromatic hydroxyl groups is 2. The minimum absolute atomic E-state index is 0.0706. The van der Waals surface area contributed by atoms with Gasteiger partial charge in [0.05, 0.1) is 5.56 Å². The molecule has 0 spiro atoms. The molecule has 2 rings (SSSR count). The van der Waals surface area contributed by atoms with E-state index in [1.54, 1.807) is 18.2 Å². The monoisotopic (exact) mass is 291 g/mol. The molecule has 1 unspecified atom stereocenters. The van der Waals surface area contributed by atoms with Crippen molar-refractivity contribution in [2.75, 3.05) is 0 Å². The van der Waals surface area contributed by atoms with E-state index in [9.17, 15) is 10.2 Å². The lowest BCUT2D eigenvalue weighted by Gasteiger charge is -2.22. The van der Waals surface area contributed by atoms with E-state index in [2.05, 4.69) is 5.32 Å². The fraction of sp³-hybridized carbons (Fsp3) is 0.250. The van der Waals surface area contributed by atoms with Gasteiger partial charge in [0.25, 0.3) is 0 Å². The zero-order chi connectivity index (χ0) is 14.7. The molecule has 0 fully saturated rings. The average molecular weight is 292 g/mol. The molecule has 0 aliphatic rings. The van der Waals surface area contributed by atoms with Gasteiger partial charge in [-0.25, -0.2) is 0 Å². The Kier molecular flexibility index (Phi) is 4.53. The summed E-state index contributed by atoms with van der Waals surface area (Å²) in [6.45, 7) is 3.93. The van der Waals surface area contributed by atoms with Gasteiger partial charge in [0.2, 0.25) is 0 Å². The summed E-state index contributed by atoms with van der Waals surface area (Å²) in [5.41, 5.74) is 1.60. The van der Waals surface area contributed by atoms with Crippen LogP contribution in [0.5, 0.6) is 11.5 Å². The molecule has 0 bridgehead atoms. The van der Waals surface area contributed by atoms with Crippen LogP contribution in [0.15, 0.2) is 42.5 Å². The van der Waals surface area contributed by atoms with Gasteiger partial charge in [0, 0.05) is 17.1 Å². The Morgan fingerprint density at radius 1 is 0.900 bits per heavy atom. The second kappa shape index (κ2) is 6.16. The first-order chi connectivity index (χ1) is 9.49. The van der Waals surface area contributed by atoms with Gasteiger partial charge < -0.3 is 15.5 Å². The number of benzene rings is 2. The number of hydrogen-bond donors (Lipinski definition) is 3. The van der Waals surface area contributed by atoms with Crippen LogP contribution in [0.3, 0.4) is 0 Å². The molecule has 2 atom stereocenters. The van der Waals surface area contributed by atoms with Crippen molar-refractivity contribution in [2.24, 2.45) is 0 Å². The van der Waals surface area contributed by atoms with Crippen LogP contribution in [0.25, 0.3) is 0 Å². The Bertz CT molecular complexity index is 563. The summed E-state index contributed by atoms with van der Waals surface area (Å²) >= 11 is 5.87. The predicted molar refractivity (Wildman–Crippen MR) is 81.2 cm³/mol. The molecule has 20 heavy (non-hydrogen) atoms. The van der Waals surface area contributed by atoms with Crippen LogP contribution in [0.2, 0.25) is 5.02 Å². The molecule has 0 saturated heterocycles. The minimum atomic E-state index is -0.179.